The van der Waals surface area contributed by atoms with Gasteiger partial charge in [0.1, 0.15) is 5.70 Å². The average molecular weight is 455 g/mol. The van der Waals surface area contributed by atoms with Crippen molar-refractivity contribution in [3.8, 4) is 0 Å². The van der Waals surface area contributed by atoms with Crippen LogP contribution < -0.4 is 4.90 Å². The molecule has 1 aliphatic heterocycles. The third-order valence-corrected chi connectivity index (χ3v) is 5.65. The molecule has 0 radical (unpaired) electrons. The molecule has 0 fully saturated rings. The second-order valence-electron chi connectivity index (χ2n) is 8.01. The van der Waals surface area contributed by atoms with Crippen molar-refractivity contribution in [1.82, 2.24) is 4.90 Å². The minimum absolute atomic E-state index is 0.102. The molecule has 172 valence electrons. The number of ether oxygens (including phenoxy) is 1. The molecule has 6 nitrogen and oxygen atoms in total. The molecule has 0 bridgehead atoms. The molecule has 4 rings (SSSR count). The molecule has 0 atom stereocenters. The Morgan fingerprint density at radius 2 is 1.47 bits per heavy atom. The minimum Gasteiger partial charge on any atom is -0.462 e. The summed E-state index contributed by atoms with van der Waals surface area (Å²) in [5.74, 6) is -1.09. The lowest BCUT2D eigenvalue weighted by molar-refractivity contribution is -0.137. The Labute approximate surface area is 199 Å². The number of amides is 2. The van der Waals surface area contributed by atoms with E-state index in [1.54, 1.807) is 36.2 Å². The van der Waals surface area contributed by atoms with Gasteiger partial charge in [-0.05, 0) is 41.8 Å². The van der Waals surface area contributed by atoms with Gasteiger partial charge in [0.2, 0.25) is 0 Å². The van der Waals surface area contributed by atoms with E-state index in [0.717, 1.165) is 17.7 Å². The van der Waals surface area contributed by atoms with Crippen LogP contribution in [0.25, 0.3) is 5.57 Å². The molecule has 0 aliphatic carbocycles. The van der Waals surface area contributed by atoms with Gasteiger partial charge in [0.25, 0.3) is 11.8 Å². The van der Waals surface area contributed by atoms with E-state index in [1.807, 2.05) is 67.6 Å². The normalized spacial score (nSPS) is 13.4. The highest BCUT2D eigenvalue weighted by molar-refractivity contribution is 6.36. The van der Waals surface area contributed by atoms with E-state index in [-0.39, 0.29) is 24.3 Å². The maximum atomic E-state index is 13.5. The zero-order valence-corrected chi connectivity index (χ0v) is 19.2. The first-order chi connectivity index (χ1) is 16.5. The molecule has 0 unspecified atom stereocenters. The predicted octanol–water partition coefficient (Wildman–Crippen LogP) is 4.67. The molecule has 6 heteroatoms. The first kappa shape index (κ1) is 23.0. The maximum absolute atomic E-state index is 13.5. The number of hydrogen-bond donors (Lipinski definition) is 0. The van der Waals surface area contributed by atoms with Crippen LogP contribution in [0.3, 0.4) is 0 Å². The largest absolute Gasteiger partial charge is 0.462 e. The van der Waals surface area contributed by atoms with Crippen molar-refractivity contribution in [3.63, 3.8) is 0 Å². The maximum Gasteiger partial charge on any atom is 0.338 e. The lowest BCUT2D eigenvalue weighted by Gasteiger charge is -2.21. The van der Waals surface area contributed by atoms with Crippen LogP contribution in [-0.4, -0.2) is 36.3 Å². The first-order valence-corrected chi connectivity index (χ1v) is 11.2. The predicted molar refractivity (Wildman–Crippen MR) is 131 cm³/mol. The van der Waals surface area contributed by atoms with E-state index >= 15 is 0 Å². The van der Waals surface area contributed by atoms with Crippen molar-refractivity contribution in [2.75, 3.05) is 18.6 Å². The van der Waals surface area contributed by atoms with Crippen LogP contribution in [-0.2, 0) is 20.9 Å². The Kier molecular flexibility index (Phi) is 6.87. The van der Waals surface area contributed by atoms with Crippen molar-refractivity contribution in [2.24, 2.45) is 0 Å². The Bertz CT molecular complexity index is 1220. The fraction of sp³-hybridized carbons (Fsp3) is 0.179. The Morgan fingerprint density at radius 1 is 0.853 bits per heavy atom. The number of imide groups is 1. The van der Waals surface area contributed by atoms with Crippen molar-refractivity contribution in [3.05, 3.63) is 107 Å². The number of rotatable bonds is 8. The van der Waals surface area contributed by atoms with E-state index in [1.165, 1.54) is 4.90 Å². The second kappa shape index (κ2) is 10.2. The second-order valence-corrected chi connectivity index (χ2v) is 8.01. The summed E-state index contributed by atoms with van der Waals surface area (Å²) in [6.07, 6.45) is 0.750. The minimum atomic E-state index is -0.387. The molecule has 1 aliphatic rings. The van der Waals surface area contributed by atoms with Gasteiger partial charge in [-0.25, -0.2) is 4.79 Å². The number of benzene rings is 3. The summed E-state index contributed by atoms with van der Waals surface area (Å²) in [4.78, 5) is 42.1. The Hall–Kier alpha value is -4.19. The SMILES string of the molecule is CCCOC(=O)c1ccc(CN2C(=O)C(c3ccccc3)=C(N(C)c3ccccc3)C2=O)cc1. The summed E-state index contributed by atoms with van der Waals surface area (Å²) < 4.78 is 5.16. The number of carbonyl (C=O) groups excluding carboxylic acids is 3. The van der Waals surface area contributed by atoms with Gasteiger partial charge in [0, 0.05) is 12.7 Å². The van der Waals surface area contributed by atoms with Crippen LogP contribution in [0.5, 0.6) is 0 Å². The smallest absolute Gasteiger partial charge is 0.338 e. The third kappa shape index (κ3) is 4.62. The van der Waals surface area contributed by atoms with Crippen molar-refractivity contribution in [2.45, 2.75) is 19.9 Å². The van der Waals surface area contributed by atoms with E-state index < -0.39 is 0 Å². The van der Waals surface area contributed by atoms with Gasteiger partial charge in [-0.2, -0.15) is 0 Å². The zero-order chi connectivity index (χ0) is 24.1. The number of carbonyl (C=O) groups is 3. The molecule has 3 aromatic carbocycles. The number of hydrogen-bond acceptors (Lipinski definition) is 5. The molecular weight excluding hydrogens is 428 g/mol. The number of likely N-dealkylation sites (N-methyl/N-ethyl adjacent to an activating group) is 1. The monoisotopic (exact) mass is 454 g/mol. The molecule has 0 spiro atoms. The molecule has 0 N–H and O–H groups in total. The molecule has 0 aromatic heterocycles. The van der Waals surface area contributed by atoms with Crippen LogP contribution in [0, 0.1) is 0 Å². The number of para-hydroxylation sites is 1. The van der Waals surface area contributed by atoms with Crippen LogP contribution in [0.2, 0.25) is 0 Å². The summed E-state index contributed by atoms with van der Waals surface area (Å²) in [5.41, 5.74) is 3.38. The van der Waals surface area contributed by atoms with Gasteiger partial charge in [0.05, 0.1) is 24.3 Å². The summed E-state index contributed by atoms with van der Waals surface area (Å²) in [6, 6.07) is 25.5. The molecule has 34 heavy (non-hydrogen) atoms. The van der Waals surface area contributed by atoms with E-state index in [2.05, 4.69) is 0 Å². The topological polar surface area (TPSA) is 66.9 Å². The molecular formula is C28H26N2O4. The van der Waals surface area contributed by atoms with E-state index in [0.29, 0.717) is 29.0 Å². The van der Waals surface area contributed by atoms with Gasteiger partial charge >= 0.3 is 5.97 Å². The highest BCUT2D eigenvalue weighted by atomic mass is 16.5. The zero-order valence-electron chi connectivity index (χ0n) is 19.2. The first-order valence-electron chi connectivity index (χ1n) is 11.2. The quantitative estimate of drug-likeness (QED) is 0.366. The fourth-order valence-electron chi connectivity index (χ4n) is 3.87. The molecule has 2 amide bonds. The van der Waals surface area contributed by atoms with Gasteiger partial charge in [0.15, 0.2) is 0 Å². The van der Waals surface area contributed by atoms with Crippen LogP contribution in [0.1, 0.15) is 34.8 Å². The van der Waals surface area contributed by atoms with E-state index in [4.69, 9.17) is 4.74 Å². The number of nitrogens with zero attached hydrogens (tertiary/aromatic N) is 2. The van der Waals surface area contributed by atoms with Gasteiger partial charge in [-0.15, -0.1) is 0 Å². The average Bonchev–Trinajstić information content (AvgIpc) is 3.13. The van der Waals surface area contributed by atoms with Crippen LogP contribution in [0.15, 0.2) is 90.6 Å². The van der Waals surface area contributed by atoms with Gasteiger partial charge in [-0.1, -0.05) is 67.6 Å². The molecule has 3 aromatic rings. The van der Waals surface area contributed by atoms with E-state index in [9.17, 15) is 14.4 Å². The summed E-state index contributed by atoms with van der Waals surface area (Å²) in [6.45, 7) is 2.40. The lowest BCUT2D eigenvalue weighted by atomic mass is 10.0. The Morgan fingerprint density at radius 3 is 2.09 bits per heavy atom. The standard InChI is InChI=1S/C28H26N2O4/c1-3-18-34-28(33)22-16-14-20(15-17-22)19-30-26(31)24(21-10-6-4-7-11-21)25(27(30)32)29(2)23-12-8-5-9-13-23/h4-17H,3,18-19H2,1-2H3. The van der Waals surface area contributed by atoms with Crippen LogP contribution in [0.4, 0.5) is 5.69 Å². The van der Waals surface area contributed by atoms with Gasteiger partial charge < -0.3 is 9.64 Å². The fourth-order valence-corrected chi connectivity index (χ4v) is 3.87. The number of esters is 1. The highest BCUT2D eigenvalue weighted by Gasteiger charge is 2.41. The summed E-state index contributed by atoms with van der Waals surface area (Å²) >= 11 is 0. The highest BCUT2D eigenvalue weighted by Crippen LogP contribution is 2.34. The molecule has 0 saturated carbocycles. The molecule has 0 saturated heterocycles. The number of anilines is 1. The molecule has 1 heterocycles. The lowest BCUT2D eigenvalue weighted by Crippen LogP contribution is -2.33. The van der Waals surface area contributed by atoms with Crippen LogP contribution >= 0.6 is 0 Å². The Balaban J connectivity index is 1.63. The summed E-state index contributed by atoms with van der Waals surface area (Å²) in [7, 11) is 1.79. The van der Waals surface area contributed by atoms with Gasteiger partial charge in [-0.3, -0.25) is 14.5 Å². The summed E-state index contributed by atoms with van der Waals surface area (Å²) in [5, 5.41) is 0. The third-order valence-electron chi connectivity index (χ3n) is 5.65. The van der Waals surface area contributed by atoms with Crippen molar-refractivity contribution in [1.29, 1.82) is 0 Å². The van der Waals surface area contributed by atoms with Crippen molar-refractivity contribution < 1.29 is 19.1 Å². The van der Waals surface area contributed by atoms with Crippen molar-refractivity contribution >= 4 is 29.0 Å².